The van der Waals surface area contributed by atoms with Gasteiger partial charge in [-0.15, -0.1) is 0 Å². The standard InChI is InChI=1S/C27H33NO8/c1-23(2)16-10-17(28-31-5)25(4)15(26(16)13-33-19(29)11-18(26)35-23)6-8-24(3)20(14-7-9-32-12-14)34-22(30)21-27(24,25)36-21/h7,9,12,15-16,18,20-21H,6,8,10-11,13H2,1-5H3/b28-17+/t15-,16-,18-,20+,21+,24-,25-,26+,27+/m0/s1. The zero-order chi connectivity index (χ0) is 25.3. The molecule has 9 atom stereocenters. The molecule has 6 fully saturated rings. The zero-order valence-corrected chi connectivity index (χ0v) is 21.4. The van der Waals surface area contributed by atoms with Crippen LogP contribution in [0.5, 0.6) is 0 Å². The summed E-state index contributed by atoms with van der Waals surface area (Å²) in [5, 5.41) is 4.62. The predicted octanol–water partition coefficient (Wildman–Crippen LogP) is 3.57. The third-order valence-electron chi connectivity index (χ3n) is 11.0. The summed E-state index contributed by atoms with van der Waals surface area (Å²) in [5.41, 5.74) is -1.18. The maximum atomic E-state index is 13.3. The Morgan fingerprint density at radius 2 is 1.86 bits per heavy atom. The lowest BCUT2D eigenvalue weighted by Gasteiger charge is -2.65. The van der Waals surface area contributed by atoms with Crippen molar-refractivity contribution in [2.75, 3.05) is 13.7 Å². The van der Waals surface area contributed by atoms with E-state index in [0.717, 1.165) is 24.1 Å². The first-order valence-electron chi connectivity index (χ1n) is 12.9. The zero-order valence-electron chi connectivity index (χ0n) is 21.4. The second-order valence-corrected chi connectivity index (χ2v) is 12.5. The summed E-state index contributed by atoms with van der Waals surface area (Å²) in [6.45, 7) is 8.86. The third-order valence-corrected chi connectivity index (χ3v) is 11.0. The topological polar surface area (TPSA) is 109 Å². The molecule has 2 saturated carbocycles. The Kier molecular flexibility index (Phi) is 4.26. The number of cyclic esters (lactones) is 2. The van der Waals surface area contributed by atoms with Crippen LogP contribution in [0.15, 0.2) is 28.2 Å². The maximum Gasteiger partial charge on any atom is 0.339 e. The SMILES string of the molecule is CO/N=C1\C[C@H]2C(C)(C)O[C@H]3CC(=O)OC[C@]32[C@H]2CC[C@@]3(C)[C@@H](c4ccoc4)OC(=O)[C@H]4O[C@]43[C@]12C. The minimum absolute atomic E-state index is 0.00602. The van der Waals surface area contributed by atoms with Crippen LogP contribution in [0.4, 0.5) is 0 Å². The number of hydrogen-bond donors (Lipinski definition) is 0. The lowest BCUT2D eigenvalue weighted by atomic mass is 9.37. The number of carbonyl (C=O) groups is 2. The molecular formula is C27H33NO8. The fourth-order valence-corrected chi connectivity index (χ4v) is 9.60. The number of rotatable bonds is 2. The van der Waals surface area contributed by atoms with Gasteiger partial charge in [0.15, 0.2) is 6.10 Å². The molecule has 7 rings (SSSR count). The van der Waals surface area contributed by atoms with Gasteiger partial charge in [-0.1, -0.05) is 19.0 Å². The van der Waals surface area contributed by atoms with E-state index in [1.807, 2.05) is 6.07 Å². The molecule has 2 spiro atoms. The lowest BCUT2D eigenvalue weighted by Crippen LogP contribution is -2.72. The molecule has 36 heavy (non-hydrogen) atoms. The van der Waals surface area contributed by atoms with E-state index in [1.54, 1.807) is 19.6 Å². The Labute approximate surface area is 209 Å². The van der Waals surface area contributed by atoms with Crippen LogP contribution in [0.2, 0.25) is 0 Å². The Morgan fingerprint density at radius 1 is 1.06 bits per heavy atom. The van der Waals surface area contributed by atoms with Crippen LogP contribution < -0.4 is 0 Å². The fraction of sp³-hybridized carbons (Fsp3) is 0.741. The largest absolute Gasteiger partial charge is 0.472 e. The van der Waals surface area contributed by atoms with Gasteiger partial charge in [-0.3, -0.25) is 4.79 Å². The molecule has 0 radical (unpaired) electrons. The van der Waals surface area contributed by atoms with Crippen molar-refractivity contribution in [2.24, 2.45) is 33.2 Å². The fourth-order valence-electron chi connectivity index (χ4n) is 9.60. The molecule has 1 aromatic rings. The van der Waals surface area contributed by atoms with Crippen molar-refractivity contribution in [3.8, 4) is 0 Å². The van der Waals surface area contributed by atoms with Gasteiger partial charge >= 0.3 is 11.9 Å². The second-order valence-electron chi connectivity index (χ2n) is 12.5. The van der Waals surface area contributed by atoms with Crippen LogP contribution in [0.1, 0.15) is 65.0 Å². The van der Waals surface area contributed by atoms with E-state index >= 15 is 0 Å². The number of oxime groups is 1. The minimum atomic E-state index is -0.837. The smallest absolute Gasteiger partial charge is 0.339 e. The summed E-state index contributed by atoms with van der Waals surface area (Å²) in [6.07, 6.45) is 4.24. The van der Waals surface area contributed by atoms with Crippen molar-refractivity contribution < 1.29 is 37.8 Å². The number of esters is 2. The van der Waals surface area contributed by atoms with E-state index in [1.165, 1.54) is 0 Å². The van der Waals surface area contributed by atoms with Gasteiger partial charge in [-0.2, -0.15) is 0 Å². The predicted molar refractivity (Wildman–Crippen MR) is 124 cm³/mol. The number of epoxide rings is 1. The van der Waals surface area contributed by atoms with Crippen molar-refractivity contribution in [3.63, 3.8) is 0 Å². The molecule has 0 N–H and O–H groups in total. The lowest BCUT2D eigenvalue weighted by molar-refractivity contribution is -0.209. The first kappa shape index (κ1) is 22.8. The molecular weight excluding hydrogens is 466 g/mol. The quantitative estimate of drug-likeness (QED) is 0.345. The molecule has 5 heterocycles. The highest BCUT2D eigenvalue weighted by atomic mass is 16.7. The monoisotopic (exact) mass is 499 g/mol. The molecule has 194 valence electrons. The third kappa shape index (κ3) is 2.29. The molecule has 6 aliphatic rings. The number of hydrogen-bond acceptors (Lipinski definition) is 9. The normalized spacial score (nSPS) is 51.1. The van der Waals surface area contributed by atoms with E-state index in [2.05, 4.69) is 32.9 Å². The average molecular weight is 500 g/mol. The van der Waals surface area contributed by atoms with Gasteiger partial charge in [-0.05, 0) is 45.1 Å². The molecule has 0 aromatic carbocycles. The molecule has 1 aromatic heterocycles. The van der Waals surface area contributed by atoms with E-state index in [4.69, 9.17) is 28.2 Å². The maximum absolute atomic E-state index is 13.3. The molecule has 0 amide bonds. The van der Waals surface area contributed by atoms with Crippen molar-refractivity contribution in [3.05, 3.63) is 24.2 Å². The van der Waals surface area contributed by atoms with Gasteiger partial charge in [0.25, 0.3) is 0 Å². The Hall–Kier alpha value is -2.39. The van der Waals surface area contributed by atoms with Crippen LogP contribution in [-0.2, 0) is 33.4 Å². The first-order chi connectivity index (χ1) is 17.1. The summed E-state index contributed by atoms with van der Waals surface area (Å²) in [6, 6.07) is 1.86. The van der Waals surface area contributed by atoms with Crippen LogP contribution >= 0.6 is 0 Å². The van der Waals surface area contributed by atoms with Crippen molar-refractivity contribution >= 4 is 17.7 Å². The van der Waals surface area contributed by atoms with E-state index < -0.39 is 39.7 Å². The molecule has 0 unspecified atom stereocenters. The Morgan fingerprint density at radius 3 is 2.58 bits per heavy atom. The first-order valence-corrected chi connectivity index (χ1v) is 12.9. The summed E-state index contributed by atoms with van der Waals surface area (Å²) >= 11 is 0. The number of nitrogens with zero attached hydrogens (tertiary/aromatic N) is 1. The molecule has 0 bridgehead atoms. The average Bonchev–Trinajstić information content (AvgIpc) is 3.31. The van der Waals surface area contributed by atoms with Crippen LogP contribution in [-0.4, -0.2) is 54.8 Å². The Bertz CT molecular complexity index is 1180. The van der Waals surface area contributed by atoms with Gasteiger partial charge < -0.3 is 28.2 Å². The summed E-state index contributed by atoms with van der Waals surface area (Å²) < 4.78 is 30.4. The molecule has 9 nitrogen and oxygen atoms in total. The van der Waals surface area contributed by atoms with Crippen LogP contribution in [0.3, 0.4) is 0 Å². The number of carbonyl (C=O) groups excluding carboxylic acids is 2. The molecule has 4 aliphatic heterocycles. The van der Waals surface area contributed by atoms with E-state index in [-0.39, 0.29) is 36.3 Å². The van der Waals surface area contributed by atoms with Gasteiger partial charge in [0.1, 0.15) is 25.4 Å². The number of furan rings is 1. The van der Waals surface area contributed by atoms with E-state index in [0.29, 0.717) is 13.0 Å². The van der Waals surface area contributed by atoms with Gasteiger partial charge in [0, 0.05) is 27.7 Å². The highest BCUT2D eigenvalue weighted by Gasteiger charge is 2.89. The number of fused-ring (bicyclic) bond motifs is 1. The molecule has 4 saturated heterocycles. The van der Waals surface area contributed by atoms with Crippen molar-refractivity contribution in [2.45, 2.75) is 82.9 Å². The molecule has 9 heteroatoms. The highest BCUT2D eigenvalue weighted by molar-refractivity contribution is 5.96. The number of ether oxygens (including phenoxy) is 4. The van der Waals surface area contributed by atoms with Crippen LogP contribution in [0, 0.1) is 28.1 Å². The Balaban J connectivity index is 1.44. The van der Waals surface area contributed by atoms with Gasteiger partial charge in [0.05, 0.1) is 36.4 Å². The van der Waals surface area contributed by atoms with Gasteiger partial charge in [-0.25, -0.2) is 4.79 Å². The summed E-state index contributed by atoms with van der Waals surface area (Å²) in [7, 11) is 1.56. The molecule has 2 aliphatic carbocycles. The van der Waals surface area contributed by atoms with Crippen LogP contribution in [0.25, 0.3) is 0 Å². The van der Waals surface area contributed by atoms with Gasteiger partial charge in [0.2, 0.25) is 0 Å². The summed E-state index contributed by atoms with van der Waals surface area (Å²) in [5.74, 6) is -0.493. The second kappa shape index (κ2) is 6.72. The van der Waals surface area contributed by atoms with Crippen molar-refractivity contribution in [1.82, 2.24) is 0 Å². The highest BCUT2D eigenvalue weighted by Crippen LogP contribution is 2.79. The summed E-state index contributed by atoms with van der Waals surface area (Å²) in [4.78, 5) is 31.2. The van der Waals surface area contributed by atoms with E-state index in [9.17, 15) is 9.59 Å². The minimum Gasteiger partial charge on any atom is -0.472 e. The van der Waals surface area contributed by atoms with Crippen molar-refractivity contribution in [1.29, 1.82) is 0 Å².